The van der Waals surface area contributed by atoms with Gasteiger partial charge in [-0.05, 0) is 31.5 Å². The summed E-state index contributed by atoms with van der Waals surface area (Å²) in [5, 5.41) is 15.1. The summed E-state index contributed by atoms with van der Waals surface area (Å²) >= 11 is 0. The smallest absolute Gasteiger partial charge is 0.244 e. The lowest BCUT2D eigenvalue weighted by Crippen LogP contribution is -2.32. The standard InChI is InChI=1S/C18H22N6O2/c1-15(18(25)19-9-5-11-23-12-6-10-20-23)24-13-16(21-22-24)14-26-17-7-3-2-4-8-17/h2-4,6-8,10,12-13,15H,5,9,11,14H2,1H3,(H,19,25)/t15-/m1/s1. The Hall–Kier alpha value is -3.16. The van der Waals surface area contributed by atoms with Crippen LogP contribution in [0.4, 0.5) is 0 Å². The van der Waals surface area contributed by atoms with Gasteiger partial charge in [-0.15, -0.1) is 5.10 Å². The summed E-state index contributed by atoms with van der Waals surface area (Å²) in [6, 6.07) is 10.9. The van der Waals surface area contributed by atoms with Gasteiger partial charge in [0.2, 0.25) is 5.91 Å². The zero-order valence-corrected chi connectivity index (χ0v) is 14.7. The predicted molar refractivity (Wildman–Crippen MR) is 95.4 cm³/mol. The van der Waals surface area contributed by atoms with E-state index in [-0.39, 0.29) is 5.91 Å². The number of nitrogens with one attached hydrogen (secondary N) is 1. The van der Waals surface area contributed by atoms with Crippen LogP contribution in [0.5, 0.6) is 5.75 Å². The van der Waals surface area contributed by atoms with Gasteiger partial charge in [-0.3, -0.25) is 9.48 Å². The second-order valence-corrected chi connectivity index (χ2v) is 5.88. The van der Waals surface area contributed by atoms with Crippen LogP contribution in [-0.2, 0) is 17.9 Å². The minimum atomic E-state index is -0.433. The summed E-state index contributed by atoms with van der Waals surface area (Å²) in [5.74, 6) is 0.677. The Morgan fingerprint density at radius 2 is 2.12 bits per heavy atom. The highest BCUT2D eigenvalue weighted by molar-refractivity contribution is 5.79. The maximum absolute atomic E-state index is 12.2. The first-order valence-corrected chi connectivity index (χ1v) is 8.56. The van der Waals surface area contributed by atoms with E-state index in [9.17, 15) is 4.79 Å². The van der Waals surface area contributed by atoms with Crippen molar-refractivity contribution in [1.29, 1.82) is 0 Å². The second kappa shape index (κ2) is 8.80. The van der Waals surface area contributed by atoms with Gasteiger partial charge in [0, 0.05) is 25.5 Å². The molecule has 0 radical (unpaired) electrons. The van der Waals surface area contributed by atoms with Crippen LogP contribution in [-0.4, -0.2) is 37.2 Å². The van der Waals surface area contributed by atoms with Gasteiger partial charge in [0.1, 0.15) is 24.1 Å². The van der Waals surface area contributed by atoms with Crippen molar-refractivity contribution in [2.24, 2.45) is 0 Å². The number of benzene rings is 1. The molecule has 3 rings (SSSR count). The van der Waals surface area contributed by atoms with E-state index in [0.717, 1.165) is 18.7 Å². The fourth-order valence-electron chi connectivity index (χ4n) is 2.40. The lowest BCUT2D eigenvalue weighted by atomic mass is 10.3. The molecule has 1 aromatic carbocycles. The highest BCUT2D eigenvalue weighted by atomic mass is 16.5. The largest absolute Gasteiger partial charge is 0.487 e. The molecule has 0 spiro atoms. The Morgan fingerprint density at radius 3 is 2.88 bits per heavy atom. The molecule has 2 heterocycles. The molecular weight excluding hydrogens is 332 g/mol. The second-order valence-electron chi connectivity index (χ2n) is 5.88. The van der Waals surface area contributed by atoms with Crippen LogP contribution in [0.3, 0.4) is 0 Å². The molecule has 136 valence electrons. The molecule has 0 bridgehead atoms. The normalized spacial score (nSPS) is 11.9. The van der Waals surface area contributed by atoms with E-state index in [4.69, 9.17) is 4.74 Å². The van der Waals surface area contributed by atoms with Gasteiger partial charge < -0.3 is 10.1 Å². The van der Waals surface area contributed by atoms with Crippen molar-refractivity contribution in [3.05, 3.63) is 60.7 Å². The van der Waals surface area contributed by atoms with Gasteiger partial charge in [-0.1, -0.05) is 23.4 Å². The number of aromatic nitrogens is 5. The van der Waals surface area contributed by atoms with Crippen molar-refractivity contribution in [1.82, 2.24) is 30.1 Å². The quantitative estimate of drug-likeness (QED) is 0.592. The molecule has 0 saturated heterocycles. The Kier molecular flexibility index (Phi) is 5.97. The number of aryl methyl sites for hydroxylation is 1. The average Bonchev–Trinajstić information content (AvgIpc) is 3.35. The number of nitrogens with zero attached hydrogens (tertiary/aromatic N) is 5. The van der Waals surface area contributed by atoms with E-state index in [1.165, 1.54) is 0 Å². The summed E-state index contributed by atoms with van der Waals surface area (Å²) in [6.07, 6.45) is 6.19. The monoisotopic (exact) mass is 354 g/mol. The van der Waals surface area contributed by atoms with Crippen LogP contribution >= 0.6 is 0 Å². The maximum atomic E-state index is 12.2. The first-order chi connectivity index (χ1) is 12.7. The van der Waals surface area contributed by atoms with Gasteiger partial charge in [-0.2, -0.15) is 5.10 Å². The number of carbonyl (C=O) groups is 1. The molecule has 26 heavy (non-hydrogen) atoms. The molecule has 0 aliphatic heterocycles. The Balaban J connectivity index is 1.42. The third kappa shape index (κ3) is 4.92. The fraction of sp³-hybridized carbons (Fsp3) is 0.333. The predicted octanol–water partition coefficient (Wildman–Crippen LogP) is 1.82. The van der Waals surface area contributed by atoms with E-state index in [0.29, 0.717) is 18.8 Å². The zero-order chi connectivity index (χ0) is 18.2. The van der Waals surface area contributed by atoms with Gasteiger partial charge in [0.25, 0.3) is 0 Å². The topological polar surface area (TPSA) is 86.9 Å². The van der Waals surface area contributed by atoms with Crippen molar-refractivity contribution < 1.29 is 9.53 Å². The summed E-state index contributed by atoms with van der Waals surface area (Å²) < 4.78 is 9.02. The Morgan fingerprint density at radius 1 is 1.27 bits per heavy atom. The minimum absolute atomic E-state index is 0.0918. The maximum Gasteiger partial charge on any atom is 0.244 e. The van der Waals surface area contributed by atoms with Crippen LogP contribution in [0.25, 0.3) is 0 Å². The van der Waals surface area contributed by atoms with Gasteiger partial charge in [-0.25, -0.2) is 4.68 Å². The fourth-order valence-corrected chi connectivity index (χ4v) is 2.40. The van der Waals surface area contributed by atoms with Crippen LogP contribution in [0, 0.1) is 0 Å². The number of ether oxygens (including phenoxy) is 1. The molecule has 0 saturated carbocycles. The van der Waals surface area contributed by atoms with Crippen molar-refractivity contribution >= 4 is 5.91 Å². The van der Waals surface area contributed by atoms with Crippen molar-refractivity contribution in [2.75, 3.05) is 6.54 Å². The first kappa shape index (κ1) is 17.7. The molecule has 0 aliphatic rings. The lowest BCUT2D eigenvalue weighted by molar-refractivity contribution is -0.124. The number of rotatable bonds is 9. The summed E-state index contributed by atoms with van der Waals surface area (Å²) in [4.78, 5) is 12.2. The molecule has 0 fully saturated rings. The zero-order valence-electron chi connectivity index (χ0n) is 14.7. The first-order valence-electron chi connectivity index (χ1n) is 8.56. The van der Waals surface area contributed by atoms with E-state index in [1.54, 1.807) is 24.0 Å². The molecule has 3 aromatic rings. The number of hydrogen-bond donors (Lipinski definition) is 1. The SMILES string of the molecule is C[C@H](C(=O)NCCCn1cccn1)n1cc(COc2ccccc2)nn1. The van der Waals surface area contributed by atoms with E-state index in [2.05, 4.69) is 20.7 Å². The summed E-state index contributed by atoms with van der Waals surface area (Å²) in [7, 11) is 0. The lowest BCUT2D eigenvalue weighted by Gasteiger charge is -2.11. The third-order valence-corrected chi connectivity index (χ3v) is 3.89. The number of para-hydroxylation sites is 1. The third-order valence-electron chi connectivity index (χ3n) is 3.89. The van der Waals surface area contributed by atoms with Gasteiger partial charge in [0.05, 0.1) is 6.20 Å². The average molecular weight is 354 g/mol. The minimum Gasteiger partial charge on any atom is -0.487 e. The molecule has 2 aromatic heterocycles. The molecule has 8 heteroatoms. The van der Waals surface area contributed by atoms with Gasteiger partial charge >= 0.3 is 0 Å². The Bertz CT molecular complexity index is 800. The van der Waals surface area contributed by atoms with E-state index < -0.39 is 6.04 Å². The molecule has 1 atom stereocenters. The molecule has 8 nitrogen and oxygen atoms in total. The molecular formula is C18H22N6O2. The van der Waals surface area contributed by atoms with Crippen LogP contribution in [0.15, 0.2) is 55.0 Å². The van der Waals surface area contributed by atoms with Crippen LogP contribution in [0.2, 0.25) is 0 Å². The highest BCUT2D eigenvalue weighted by Crippen LogP contribution is 2.11. The molecule has 1 N–H and O–H groups in total. The van der Waals surface area contributed by atoms with E-state index in [1.807, 2.05) is 47.3 Å². The van der Waals surface area contributed by atoms with E-state index >= 15 is 0 Å². The molecule has 1 amide bonds. The van der Waals surface area contributed by atoms with Crippen molar-refractivity contribution in [3.63, 3.8) is 0 Å². The number of amides is 1. The van der Waals surface area contributed by atoms with Crippen molar-refractivity contribution in [2.45, 2.75) is 32.5 Å². The Labute approximate surface area is 151 Å². The van der Waals surface area contributed by atoms with Gasteiger partial charge in [0.15, 0.2) is 0 Å². The molecule has 0 unspecified atom stereocenters. The highest BCUT2D eigenvalue weighted by Gasteiger charge is 2.16. The van der Waals surface area contributed by atoms with Crippen LogP contribution < -0.4 is 10.1 Å². The molecule has 0 aliphatic carbocycles. The van der Waals surface area contributed by atoms with Crippen LogP contribution in [0.1, 0.15) is 25.1 Å². The summed E-state index contributed by atoms with van der Waals surface area (Å²) in [6.45, 7) is 3.45. The number of hydrogen-bond acceptors (Lipinski definition) is 5. The number of carbonyl (C=O) groups excluding carboxylic acids is 1. The van der Waals surface area contributed by atoms with Crippen molar-refractivity contribution in [3.8, 4) is 5.75 Å². The summed E-state index contributed by atoms with van der Waals surface area (Å²) in [5.41, 5.74) is 0.673.